The van der Waals surface area contributed by atoms with Crippen molar-refractivity contribution < 1.29 is 40.5 Å². The smallest absolute Gasteiger partial charge is 0.260 e. The van der Waals surface area contributed by atoms with Crippen LogP contribution in [0.5, 0.6) is 0 Å². The van der Waals surface area contributed by atoms with Gasteiger partial charge in [0.15, 0.2) is 0 Å². The van der Waals surface area contributed by atoms with Crippen molar-refractivity contribution in [3.05, 3.63) is 0 Å². The van der Waals surface area contributed by atoms with Gasteiger partial charge in [-0.3, -0.25) is 0 Å². The van der Waals surface area contributed by atoms with E-state index in [4.69, 9.17) is 10.4 Å². The minimum atomic E-state index is -2.70. The molecule has 0 spiro atoms. The molecule has 2 unspecified atom stereocenters. The molecule has 0 aliphatic carbocycles. The summed E-state index contributed by atoms with van der Waals surface area (Å²) in [7, 11) is 0. The lowest BCUT2D eigenvalue weighted by Crippen LogP contribution is -2.65. The second-order valence-corrected chi connectivity index (χ2v) is 3.19. The van der Waals surface area contributed by atoms with E-state index >= 15 is 0 Å². The SMILES string of the molecule is OCC1O[C@@H](O)C(O)(/N=N\OO)[C@@H](O)[C@@H]1O. The summed E-state index contributed by atoms with van der Waals surface area (Å²) in [6.07, 6.45) is -7.01. The van der Waals surface area contributed by atoms with E-state index < -0.39 is 36.9 Å². The highest BCUT2D eigenvalue weighted by Gasteiger charge is 2.55. The number of rotatable bonds is 3. The fraction of sp³-hybridized carbons (Fsp3) is 1.00. The molecule has 0 aromatic carbocycles. The summed E-state index contributed by atoms with van der Waals surface area (Å²) < 4.78 is 4.59. The number of hydrogen-bond acceptors (Lipinski definition) is 10. The summed E-state index contributed by atoms with van der Waals surface area (Å²) in [5, 5.41) is 59.7. The molecule has 10 heteroatoms. The lowest BCUT2D eigenvalue weighted by molar-refractivity contribution is -0.335. The Hall–Kier alpha value is -0.880. The largest absolute Gasteiger partial charge is 0.394 e. The Morgan fingerprint density at radius 2 is 1.94 bits per heavy atom. The third-order valence-corrected chi connectivity index (χ3v) is 2.22. The van der Waals surface area contributed by atoms with Gasteiger partial charge in [-0.2, -0.15) is 5.26 Å². The average molecular weight is 240 g/mol. The van der Waals surface area contributed by atoms with Gasteiger partial charge >= 0.3 is 0 Å². The molecule has 1 rings (SSSR count). The van der Waals surface area contributed by atoms with E-state index in [2.05, 4.69) is 20.1 Å². The highest BCUT2D eigenvalue weighted by molar-refractivity contribution is 4.97. The number of nitrogens with zero attached hydrogens (tertiary/aromatic N) is 2. The fourth-order valence-electron chi connectivity index (χ4n) is 1.29. The minimum absolute atomic E-state index is 0.682. The van der Waals surface area contributed by atoms with Crippen LogP contribution in [0.15, 0.2) is 10.4 Å². The molecule has 1 aliphatic rings. The predicted molar refractivity (Wildman–Crippen MR) is 43.5 cm³/mol. The summed E-state index contributed by atoms with van der Waals surface area (Å²) in [5.41, 5.74) is -2.70. The van der Waals surface area contributed by atoms with Gasteiger partial charge in [0.05, 0.1) is 11.9 Å². The second-order valence-electron chi connectivity index (χ2n) is 3.19. The van der Waals surface area contributed by atoms with Crippen LogP contribution in [0.25, 0.3) is 0 Å². The van der Waals surface area contributed by atoms with Crippen LogP contribution in [0.1, 0.15) is 0 Å². The first-order valence-electron chi connectivity index (χ1n) is 4.23. The van der Waals surface area contributed by atoms with Gasteiger partial charge in [0.2, 0.25) is 6.29 Å². The lowest BCUT2D eigenvalue weighted by atomic mass is 9.94. The fourth-order valence-corrected chi connectivity index (χ4v) is 1.29. The molecule has 0 aromatic heterocycles. The highest BCUT2D eigenvalue weighted by Crippen LogP contribution is 2.30. The molecule has 0 saturated carbocycles. The van der Waals surface area contributed by atoms with E-state index in [0.29, 0.717) is 0 Å². The second kappa shape index (κ2) is 4.97. The first kappa shape index (κ1) is 13.2. The standard InChI is InChI=1S/C6H12N2O8/c9-1-2-3(10)4(11)6(13,5(12)15-2)7-8-16-14/h2-5,9-14H,1H2/b8-7-/t2?,3-,4+,5-,6?/m1/s1. The maximum absolute atomic E-state index is 9.60. The number of aliphatic hydroxyl groups is 5. The first-order valence-corrected chi connectivity index (χ1v) is 4.23. The van der Waals surface area contributed by atoms with Gasteiger partial charge in [-0.15, -0.1) is 5.11 Å². The quantitative estimate of drug-likeness (QED) is 0.172. The van der Waals surface area contributed by atoms with Gasteiger partial charge in [-0.1, -0.05) is 0 Å². The zero-order chi connectivity index (χ0) is 12.3. The molecule has 16 heavy (non-hydrogen) atoms. The monoisotopic (exact) mass is 240 g/mol. The Morgan fingerprint density at radius 3 is 2.44 bits per heavy atom. The summed E-state index contributed by atoms with van der Waals surface area (Å²) in [4.78, 5) is 3.18. The topological polar surface area (TPSA) is 165 Å². The normalized spacial score (nSPS) is 44.9. The molecule has 1 heterocycles. The minimum Gasteiger partial charge on any atom is -0.394 e. The Morgan fingerprint density at radius 1 is 1.31 bits per heavy atom. The van der Waals surface area contributed by atoms with E-state index in [0.717, 1.165) is 0 Å². The Balaban J connectivity index is 2.90. The molecule has 94 valence electrons. The zero-order valence-electron chi connectivity index (χ0n) is 7.91. The zero-order valence-corrected chi connectivity index (χ0v) is 7.91. The van der Waals surface area contributed by atoms with Gasteiger partial charge in [0.1, 0.15) is 18.3 Å². The number of ether oxygens (including phenoxy) is 1. The molecule has 6 N–H and O–H groups in total. The molecular formula is C6H12N2O8. The van der Waals surface area contributed by atoms with Crippen LogP contribution in [0.2, 0.25) is 0 Å². The number of hydrogen-bond donors (Lipinski definition) is 6. The maximum atomic E-state index is 9.60. The molecule has 1 saturated heterocycles. The summed E-state index contributed by atoms with van der Waals surface area (Å²) in [6, 6.07) is 0. The van der Waals surface area contributed by atoms with Crippen molar-refractivity contribution in [2.75, 3.05) is 6.61 Å². The van der Waals surface area contributed by atoms with Crippen molar-refractivity contribution in [2.24, 2.45) is 10.4 Å². The average Bonchev–Trinajstić information content (AvgIpc) is 2.29. The van der Waals surface area contributed by atoms with E-state index in [-0.39, 0.29) is 0 Å². The molecule has 0 radical (unpaired) electrons. The third kappa shape index (κ3) is 2.12. The van der Waals surface area contributed by atoms with Crippen LogP contribution in [0, 0.1) is 0 Å². The molecule has 5 atom stereocenters. The maximum Gasteiger partial charge on any atom is 0.260 e. The molecule has 10 nitrogen and oxygen atoms in total. The van der Waals surface area contributed by atoms with Gasteiger partial charge in [0, 0.05) is 0 Å². The van der Waals surface area contributed by atoms with Gasteiger partial charge in [0.25, 0.3) is 5.72 Å². The highest BCUT2D eigenvalue weighted by atomic mass is 17.2. The van der Waals surface area contributed by atoms with Crippen LogP contribution >= 0.6 is 0 Å². The van der Waals surface area contributed by atoms with Gasteiger partial charge in [-0.25, -0.2) is 4.99 Å². The Kier molecular flexibility index (Phi) is 4.09. The molecule has 1 aliphatic heterocycles. The first-order chi connectivity index (χ1) is 7.47. The van der Waals surface area contributed by atoms with Crippen molar-refractivity contribution in [3.63, 3.8) is 0 Å². The van der Waals surface area contributed by atoms with Crippen molar-refractivity contribution in [1.29, 1.82) is 0 Å². The van der Waals surface area contributed by atoms with E-state index in [1.807, 2.05) is 0 Å². The van der Waals surface area contributed by atoms with E-state index in [1.54, 1.807) is 0 Å². The lowest BCUT2D eigenvalue weighted by Gasteiger charge is -2.42. The summed E-state index contributed by atoms with van der Waals surface area (Å²) in [5.74, 6) is 0. The van der Waals surface area contributed by atoms with Crippen molar-refractivity contribution in [1.82, 2.24) is 0 Å². The van der Waals surface area contributed by atoms with Crippen LogP contribution in [0.3, 0.4) is 0 Å². The van der Waals surface area contributed by atoms with E-state index in [9.17, 15) is 20.4 Å². The summed E-state index contributed by atoms with van der Waals surface area (Å²) in [6.45, 7) is -0.682. The van der Waals surface area contributed by atoms with Crippen LogP contribution < -0.4 is 0 Å². The molecule has 0 aromatic rings. The number of aliphatic hydroxyl groups excluding tert-OH is 4. The van der Waals surface area contributed by atoms with Crippen molar-refractivity contribution >= 4 is 0 Å². The predicted octanol–water partition coefficient (Wildman–Crippen LogP) is -3.04. The van der Waals surface area contributed by atoms with Crippen LogP contribution in [-0.2, 0) is 9.73 Å². The molecule has 0 amide bonds. The third-order valence-electron chi connectivity index (χ3n) is 2.22. The van der Waals surface area contributed by atoms with Gasteiger partial charge in [-0.05, 0) is 0 Å². The van der Waals surface area contributed by atoms with Crippen LogP contribution in [0.4, 0.5) is 0 Å². The molecule has 1 fully saturated rings. The van der Waals surface area contributed by atoms with Gasteiger partial charge < -0.3 is 30.3 Å². The Bertz CT molecular complexity index is 263. The summed E-state index contributed by atoms with van der Waals surface area (Å²) >= 11 is 0. The van der Waals surface area contributed by atoms with Crippen molar-refractivity contribution in [3.8, 4) is 0 Å². The molecule has 0 bridgehead atoms. The van der Waals surface area contributed by atoms with Crippen molar-refractivity contribution in [2.45, 2.75) is 30.3 Å². The van der Waals surface area contributed by atoms with Crippen LogP contribution in [-0.4, -0.2) is 67.7 Å². The molecular weight excluding hydrogens is 228 g/mol. The Labute approximate surface area is 88.9 Å². The van der Waals surface area contributed by atoms with E-state index in [1.165, 1.54) is 0 Å².